The molecule has 0 aliphatic carbocycles. The van der Waals surface area contributed by atoms with Crippen LogP contribution in [0.2, 0.25) is 0 Å². The molecule has 0 aromatic heterocycles. The highest BCUT2D eigenvalue weighted by Crippen LogP contribution is 2.28. The maximum absolute atomic E-state index is 10.8. The second kappa shape index (κ2) is 6.17. The van der Waals surface area contributed by atoms with Crippen LogP contribution >= 0.6 is 0 Å². The summed E-state index contributed by atoms with van der Waals surface area (Å²) in [6.07, 6.45) is -0.104. The van der Waals surface area contributed by atoms with Crippen LogP contribution in [0.25, 0.3) is 0 Å². The van der Waals surface area contributed by atoms with E-state index >= 15 is 0 Å². The van der Waals surface area contributed by atoms with Crippen LogP contribution in [0.15, 0.2) is 18.2 Å². The van der Waals surface area contributed by atoms with Gasteiger partial charge in [-0.05, 0) is 18.1 Å². The smallest absolute Gasteiger partial charge is 0.311 e. The molecule has 0 aliphatic rings. The van der Waals surface area contributed by atoms with Crippen molar-refractivity contribution in [1.82, 2.24) is 0 Å². The molecule has 0 bridgehead atoms. The molecule has 1 aromatic carbocycles. The van der Waals surface area contributed by atoms with E-state index in [2.05, 4.69) is 0 Å². The molecule has 1 aromatic rings. The molecule has 0 radical (unpaired) electrons. The Morgan fingerprint density at radius 3 is 2.82 bits per heavy atom. The van der Waals surface area contributed by atoms with E-state index in [1.54, 1.807) is 12.1 Å². The first kappa shape index (κ1) is 13.4. The molecular formula is C11H16N2O4. The van der Waals surface area contributed by atoms with Gasteiger partial charge in [-0.25, -0.2) is 0 Å². The lowest BCUT2D eigenvalue weighted by atomic mass is 10.1. The molecule has 0 saturated heterocycles. The van der Waals surface area contributed by atoms with Crippen LogP contribution in [-0.4, -0.2) is 29.3 Å². The Morgan fingerprint density at radius 1 is 1.59 bits per heavy atom. The molecular weight excluding hydrogens is 224 g/mol. The number of hydrogen-bond acceptors (Lipinski definition) is 5. The lowest BCUT2D eigenvalue weighted by Gasteiger charge is -2.10. The number of aliphatic hydroxyl groups is 1. The summed E-state index contributed by atoms with van der Waals surface area (Å²) in [6, 6.07) is 4.78. The van der Waals surface area contributed by atoms with Crippen LogP contribution < -0.4 is 10.5 Å². The number of nitrogens with two attached hydrogens (primary N) is 1. The number of rotatable bonds is 6. The van der Waals surface area contributed by atoms with E-state index in [0.29, 0.717) is 6.42 Å². The molecule has 6 nitrogen and oxygen atoms in total. The number of ether oxygens (including phenoxy) is 1. The predicted molar refractivity (Wildman–Crippen MR) is 63.0 cm³/mol. The first-order valence-corrected chi connectivity index (χ1v) is 5.36. The molecule has 3 N–H and O–H groups in total. The van der Waals surface area contributed by atoms with Gasteiger partial charge in [-0.2, -0.15) is 0 Å². The summed E-state index contributed by atoms with van der Waals surface area (Å²) in [5.41, 5.74) is 5.99. The van der Waals surface area contributed by atoms with E-state index < -0.39 is 11.0 Å². The van der Waals surface area contributed by atoms with E-state index in [9.17, 15) is 15.2 Å². The van der Waals surface area contributed by atoms with Gasteiger partial charge in [-0.15, -0.1) is 0 Å². The van der Waals surface area contributed by atoms with Crippen molar-refractivity contribution >= 4 is 5.69 Å². The van der Waals surface area contributed by atoms with Crippen molar-refractivity contribution in [3.8, 4) is 5.75 Å². The third-order valence-corrected chi connectivity index (χ3v) is 2.33. The summed E-state index contributed by atoms with van der Waals surface area (Å²) in [6.45, 7) is 1.92. The zero-order chi connectivity index (χ0) is 12.8. The lowest BCUT2D eigenvalue weighted by Crippen LogP contribution is -2.26. The summed E-state index contributed by atoms with van der Waals surface area (Å²) in [5, 5.41) is 20.1. The van der Waals surface area contributed by atoms with Crippen molar-refractivity contribution in [2.45, 2.75) is 19.4 Å². The Hall–Kier alpha value is -1.66. The third-order valence-electron chi connectivity index (χ3n) is 2.33. The highest BCUT2D eigenvalue weighted by Gasteiger charge is 2.16. The zero-order valence-corrected chi connectivity index (χ0v) is 9.63. The Kier molecular flexibility index (Phi) is 4.86. The zero-order valence-electron chi connectivity index (χ0n) is 9.63. The van der Waals surface area contributed by atoms with E-state index in [1.165, 1.54) is 6.07 Å². The van der Waals surface area contributed by atoms with Crippen molar-refractivity contribution in [2.75, 3.05) is 13.2 Å². The van der Waals surface area contributed by atoms with Crippen molar-refractivity contribution < 1.29 is 14.8 Å². The van der Waals surface area contributed by atoms with Gasteiger partial charge in [-0.3, -0.25) is 10.1 Å². The minimum absolute atomic E-state index is 0.0528. The molecule has 0 fully saturated rings. The first-order chi connectivity index (χ1) is 8.08. The maximum atomic E-state index is 10.8. The third kappa shape index (κ3) is 3.69. The van der Waals surface area contributed by atoms with Crippen molar-refractivity contribution in [2.24, 2.45) is 5.73 Å². The molecule has 0 saturated carbocycles. The van der Waals surface area contributed by atoms with Crippen LogP contribution in [0.3, 0.4) is 0 Å². The monoisotopic (exact) mass is 240 g/mol. The van der Waals surface area contributed by atoms with Gasteiger partial charge in [0, 0.05) is 12.6 Å². The highest BCUT2D eigenvalue weighted by atomic mass is 16.6. The SMILES string of the molecule is CCc1ccc(OCC(O)CN)c([N+](=O)[O-])c1. The largest absolute Gasteiger partial charge is 0.484 e. The minimum Gasteiger partial charge on any atom is -0.484 e. The highest BCUT2D eigenvalue weighted by molar-refractivity contribution is 5.48. The number of hydrogen-bond donors (Lipinski definition) is 2. The van der Waals surface area contributed by atoms with Crippen LogP contribution in [0, 0.1) is 10.1 Å². The summed E-state index contributed by atoms with van der Waals surface area (Å²) < 4.78 is 5.18. The van der Waals surface area contributed by atoms with Crippen LogP contribution in [0.4, 0.5) is 5.69 Å². The van der Waals surface area contributed by atoms with Crippen LogP contribution in [0.5, 0.6) is 5.75 Å². The van der Waals surface area contributed by atoms with Gasteiger partial charge in [0.1, 0.15) is 12.7 Å². The normalized spacial score (nSPS) is 12.2. The second-order valence-corrected chi connectivity index (χ2v) is 3.61. The topological polar surface area (TPSA) is 98.6 Å². The average Bonchev–Trinajstić information content (AvgIpc) is 2.35. The number of nitro groups is 1. The molecule has 6 heteroatoms. The fourth-order valence-corrected chi connectivity index (χ4v) is 1.30. The van der Waals surface area contributed by atoms with Gasteiger partial charge in [0.15, 0.2) is 5.75 Å². The number of nitrogens with zero attached hydrogens (tertiary/aromatic N) is 1. The minimum atomic E-state index is -0.819. The molecule has 1 unspecified atom stereocenters. The Morgan fingerprint density at radius 2 is 2.29 bits per heavy atom. The molecule has 0 aliphatic heterocycles. The molecule has 0 heterocycles. The number of nitro benzene ring substituents is 1. The average molecular weight is 240 g/mol. The fourth-order valence-electron chi connectivity index (χ4n) is 1.30. The Labute approximate surface area is 99.2 Å². The Bertz CT molecular complexity index is 395. The van der Waals surface area contributed by atoms with E-state index in [4.69, 9.17) is 10.5 Å². The second-order valence-electron chi connectivity index (χ2n) is 3.61. The lowest BCUT2D eigenvalue weighted by molar-refractivity contribution is -0.386. The van der Waals surface area contributed by atoms with E-state index in [1.807, 2.05) is 6.92 Å². The van der Waals surface area contributed by atoms with Crippen molar-refractivity contribution in [3.05, 3.63) is 33.9 Å². The van der Waals surface area contributed by atoms with E-state index in [-0.39, 0.29) is 24.6 Å². The molecule has 94 valence electrons. The quantitative estimate of drug-likeness (QED) is 0.567. The first-order valence-electron chi connectivity index (χ1n) is 5.36. The molecule has 17 heavy (non-hydrogen) atoms. The van der Waals surface area contributed by atoms with Crippen LogP contribution in [-0.2, 0) is 6.42 Å². The molecule has 1 rings (SSSR count). The van der Waals surface area contributed by atoms with E-state index in [0.717, 1.165) is 5.56 Å². The summed E-state index contributed by atoms with van der Waals surface area (Å²) in [4.78, 5) is 10.3. The van der Waals surface area contributed by atoms with Gasteiger partial charge in [0.25, 0.3) is 0 Å². The number of aliphatic hydroxyl groups excluding tert-OH is 1. The fraction of sp³-hybridized carbons (Fsp3) is 0.455. The molecule has 1 atom stereocenters. The summed E-state index contributed by atoms with van der Waals surface area (Å²) >= 11 is 0. The summed E-state index contributed by atoms with van der Waals surface area (Å²) in [5.74, 6) is 0.153. The summed E-state index contributed by atoms with van der Waals surface area (Å²) in [7, 11) is 0. The molecule has 0 amide bonds. The predicted octanol–water partition coefficient (Wildman–Crippen LogP) is 0.856. The number of benzene rings is 1. The van der Waals surface area contributed by atoms with Crippen molar-refractivity contribution in [1.29, 1.82) is 0 Å². The maximum Gasteiger partial charge on any atom is 0.311 e. The van der Waals surface area contributed by atoms with Crippen molar-refractivity contribution in [3.63, 3.8) is 0 Å². The van der Waals surface area contributed by atoms with Gasteiger partial charge >= 0.3 is 5.69 Å². The van der Waals surface area contributed by atoms with Gasteiger partial charge < -0.3 is 15.6 Å². The Balaban J connectivity index is 2.87. The standard InChI is InChI=1S/C11H16N2O4/c1-2-8-3-4-11(10(5-8)13(15)16)17-7-9(14)6-12/h3-5,9,14H,2,6-7,12H2,1H3. The number of aryl methyl sites for hydroxylation is 1. The van der Waals surface area contributed by atoms with Gasteiger partial charge in [0.05, 0.1) is 4.92 Å². The van der Waals surface area contributed by atoms with Gasteiger partial charge in [-0.1, -0.05) is 13.0 Å². The van der Waals surface area contributed by atoms with Gasteiger partial charge in [0.2, 0.25) is 0 Å². The van der Waals surface area contributed by atoms with Crippen LogP contribution in [0.1, 0.15) is 12.5 Å². The molecule has 0 spiro atoms.